The van der Waals surface area contributed by atoms with Gasteiger partial charge in [-0.25, -0.2) is 4.79 Å². The fourth-order valence-corrected chi connectivity index (χ4v) is 4.88. The maximum absolute atomic E-state index is 13.0. The summed E-state index contributed by atoms with van der Waals surface area (Å²) < 4.78 is 4.53. The Bertz CT molecular complexity index is 701. The number of likely N-dealkylation sites (tertiary alicyclic amines) is 1. The van der Waals surface area contributed by atoms with Crippen molar-refractivity contribution in [2.75, 3.05) is 13.7 Å². The molecular formula is C20H26N2O4S. The summed E-state index contributed by atoms with van der Waals surface area (Å²) in [7, 11) is 1.31. The van der Waals surface area contributed by atoms with E-state index in [1.54, 1.807) is 17.4 Å². The Hall–Kier alpha value is -2.15. The minimum absolute atomic E-state index is 0.0352. The second-order valence-electron chi connectivity index (χ2n) is 7.14. The Morgan fingerprint density at radius 3 is 2.89 bits per heavy atom. The van der Waals surface area contributed by atoms with E-state index in [0.717, 1.165) is 31.2 Å². The summed E-state index contributed by atoms with van der Waals surface area (Å²) in [5.41, 5.74) is 1.00. The van der Waals surface area contributed by atoms with Gasteiger partial charge in [0.15, 0.2) is 0 Å². The highest BCUT2D eigenvalue weighted by atomic mass is 32.1. The minimum atomic E-state index is -0.455. The van der Waals surface area contributed by atoms with Crippen LogP contribution < -0.4 is 5.32 Å². The molecule has 146 valence electrons. The first kappa shape index (κ1) is 19.6. The van der Waals surface area contributed by atoms with Crippen molar-refractivity contribution in [2.45, 2.75) is 50.6 Å². The van der Waals surface area contributed by atoms with Gasteiger partial charge in [0.1, 0.15) is 6.04 Å². The second kappa shape index (κ2) is 9.17. The van der Waals surface area contributed by atoms with Crippen LogP contribution in [0.2, 0.25) is 0 Å². The fourth-order valence-electron chi connectivity index (χ4n) is 4.21. The van der Waals surface area contributed by atoms with Crippen LogP contribution in [0.3, 0.4) is 0 Å². The first-order valence-electron chi connectivity index (χ1n) is 9.44. The molecule has 1 saturated heterocycles. The van der Waals surface area contributed by atoms with Crippen molar-refractivity contribution in [3.05, 3.63) is 34.5 Å². The lowest BCUT2D eigenvalue weighted by atomic mass is 9.84. The Morgan fingerprint density at radius 1 is 1.33 bits per heavy atom. The van der Waals surface area contributed by atoms with E-state index in [1.165, 1.54) is 19.6 Å². The van der Waals surface area contributed by atoms with Gasteiger partial charge >= 0.3 is 5.97 Å². The van der Waals surface area contributed by atoms with Crippen LogP contribution >= 0.6 is 11.3 Å². The zero-order valence-electron chi connectivity index (χ0n) is 15.6. The van der Waals surface area contributed by atoms with Gasteiger partial charge in [0.05, 0.1) is 13.5 Å². The molecule has 0 bridgehead atoms. The van der Waals surface area contributed by atoms with Crippen LogP contribution in [0, 0.1) is 5.92 Å². The SMILES string of the molecule is COC(=O)/C=C/CNC(=O)[C@@H]1C[C@@H]2CCCC[C@@H]2N1C(=O)Cc1ccsc1. The van der Waals surface area contributed by atoms with Crippen molar-refractivity contribution in [3.8, 4) is 0 Å². The van der Waals surface area contributed by atoms with Crippen LogP contribution in [-0.2, 0) is 25.5 Å². The molecule has 1 aliphatic heterocycles. The molecule has 1 aromatic rings. The molecule has 3 atom stereocenters. The third-order valence-electron chi connectivity index (χ3n) is 5.46. The van der Waals surface area contributed by atoms with Gasteiger partial charge in [-0.05, 0) is 47.6 Å². The maximum Gasteiger partial charge on any atom is 0.330 e. The summed E-state index contributed by atoms with van der Waals surface area (Å²) in [6.45, 7) is 0.242. The number of fused-ring (bicyclic) bond motifs is 1. The minimum Gasteiger partial charge on any atom is -0.466 e. The number of amides is 2. The Labute approximate surface area is 163 Å². The van der Waals surface area contributed by atoms with E-state index in [9.17, 15) is 14.4 Å². The van der Waals surface area contributed by atoms with Gasteiger partial charge in [0, 0.05) is 18.7 Å². The fraction of sp³-hybridized carbons (Fsp3) is 0.550. The van der Waals surface area contributed by atoms with Crippen LogP contribution in [0.5, 0.6) is 0 Å². The predicted octanol–water partition coefficient (Wildman–Crippen LogP) is 2.30. The normalized spacial score (nSPS) is 24.6. The van der Waals surface area contributed by atoms with Crippen molar-refractivity contribution in [3.63, 3.8) is 0 Å². The highest BCUT2D eigenvalue weighted by Gasteiger charge is 2.46. The number of hydrogen-bond donors (Lipinski definition) is 1. The van der Waals surface area contributed by atoms with Gasteiger partial charge < -0.3 is 15.0 Å². The number of rotatable bonds is 6. The third-order valence-corrected chi connectivity index (χ3v) is 6.20. The molecule has 1 N–H and O–H groups in total. The highest BCUT2D eigenvalue weighted by molar-refractivity contribution is 7.08. The average molecular weight is 391 g/mol. The van der Waals surface area contributed by atoms with Gasteiger partial charge in [-0.1, -0.05) is 18.9 Å². The topological polar surface area (TPSA) is 75.7 Å². The summed E-state index contributed by atoms with van der Waals surface area (Å²) in [5, 5.41) is 6.78. The zero-order chi connectivity index (χ0) is 19.2. The molecule has 0 radical (unpaired) electrons. The molecule has 2 aliphatic rings. The summed E-state index contributed by atoms with van der Waals surface area (Å²) in [5.74, 6) is -0.152. The molecule has 1 aliphatic carbocycles. The predicted molar refractivity (Wildman–Crippen MR) is 103 cm³/mol. The van der Waals surface area contributed by atoms with Crippen LogP contribution in [0.25, 0.3) is 0 Å². The number of thiophene rings is 1. The molecule has 3 rings (SSSR count). The van der Waals surface area contributed by atoms with Crippen LogP contribution in [-0.4, -0.2) is 48.4 Å². The molecule has 6 nitrogen and oxygen atoms in total. The van der Waals surface area contributed by atoms with Crippen LogP contribution in [0.15, 0.2) is 29.0 Å². The number of esters is 1. The van der Waals surface area contributed by atoms with E-state index in [4.69, 9.17) is 0 Å². The lowest BCUT2D eigenvalue weighted by Crippen LogP contribution is -2.50. The van der Waals surface area contributed by atoms with Gasteiger partial charge in [0.2, 0.25) is 11.8 Å². The van der Waals surface area contributed by atoms with Crippen molar-refractivity contribution in [2.24, 2.45) is 5.92 Å². The summed E-state index contributed by atoms with van der Waals surface area (Å²) in [6.07, 6.45) is 8.26. The monoisotopic (exact) mass is 390 g/mol. The van der Waals surface area contributed by atoms with Gasteiger partial charge in [-0.15, -0.1) is 0 Å². The number of carbonyl (C=O) groups is 3. The van der Waals surface area contributed by atoms with Gasteiger partial charge in [-0.2, -0.15) is 11.3 Å². The van der Waals surface area contributed by atoms with Crippen molar-refractivity contribution in [1.29, 1.82) is 0 Å². The van der Waals surface area contributed by atoms with E-state index >= 15 is 0 Å². The van der Waals surface area contributed by atoms with E-state index < -0.39 is 12.0 Å². The van der Waals surface area contributed by atoms with Crippen molar-refractivity contribution in [1.82, 2.24) is 10.2 Å². The Morgan fingerprint density at radius 2 is 2.15 bits per heavy atom. The molecule has 2 amide bonds. The summed E-state index contributed by atoms with van der Waals surface area (Å²) >= 11 is 1.58. The summed E-state index contributed by atoms with van der Waals surface area (Å²) in [4.78, 5) is 38.7. The van der Waals surface area contributed by atoms with Crippen LogP contribution in [0.1, 0.15) is 37.7 Å². The molecule has 0 spiro atoms. The molecule has 0 aromatic carbocycles. The molecule has 0 unspecified atom stereocenters. The zero-order valence-corrected chi connectivity index (χ0v) is 16.4. The smallest absolute Gasteiger partial charge is 0.330 e. The average Bonchev–Trinajstić information content (AvgIpc) is 3.31. The number of methoxy groups -OCH3 is 1. The molecule has 7 heteroatoms. The van der Waals surface area contributed by atoms with E-state index in [-0.39, 0.29) is 24.4 Å². The van der Waals surface area contributed by atoms with Gasteiger partial charge in [-0.3, -0.25) is 9.59 Å². The number of hydrogen-bond acceptors (Lipinski definition) is 5. The van der Waals surface area contributed by atoms with Gasteiger partial charge in [0.25, 0.3) is 0 Å². The lowest BCUT2D eigenvalue weighted by Gasteiger charge is -2.33. The Kier molecular flexibility index (Phi) is 6.66. The van der Waals surface area contributed by atoms with E-state index in [2.05, 4.69) is 10.1 Å². The maximum atomic E-state index is 13.0. The first-order chi connectivity index (χ1) is 13.1. The number of carbonyl (C=O) groups excluding carboxylic acids is 3. The van der Waals surface area contributed by atoms with E-state index in [1.807, 2.05) is 21.7 Å². The summed E-state index contributed by atoms with van der Waals surface area (Å²) in [6, 6.07) is 1.71. The van der Waals surface area contributed by atoms with Crippen molar-refractivity contribution < 1.29 is 19.1 Å². The quantitative estimate of drug-likeness (QED) is 0.597. The molecule has 1 aromatic heterocycles. The highest BCUT2D eigenvalue weighted by Crippen LogP contribution is 2.40. The third kappa shape index (κ3) is 4.77. The lowest BCUT2D eigenvalue weighted by molar-refractivity contribution is -0.140. The molecule has 1 saturated carbocycles. The van der Waals surface area contributed by atoms with E-state index in [0.29, 0.717) is 12.3 Å². The molecule has 2 fully saturated rings. The van der Waals surface area contributed by atoms with Crippen LogP contribution in [0.4, 0.5) is 0 Å². The molecule has 2 heterocycles. The molecular weight excluding hydrogens is 364 g/mol. The Balaban J connectivity index is 1.67. The van der Waals surface area contributed by atoms with Crippen molar-refractivity contribution >= 4 is 29.1 Å². The molecule has 27 heavy (non-hydrogen) atoms. The number of nitrogens with one attached hydrogen (secondary N) is 1. The number of nitrogens with zero attached hydrogens (tertiary/aromatic N) is 1. The number of ether oxygens (including phenoxy) is 1. The second-order valence-corrected chi connectivity index (χ2v) is 7.92. The standard InChI is InChI=1S/C20H26N2O4S/c1-26-19(24)7-4-9-21-20(25)17-12-15-5-2-3-6-16(15)22(17)18(23)11-14-8-10-27-13-14/h4,7-8,10,13,15-17H,2-3,5-6,9,11-12H2,1H3,(H,21,25)/b7-4+/t15-,16-,17-/m0/s1. The largest absolute Gasteiger partial charge is 0.466 e. The first-order valence-corrected chi connectivity index (χ1v) is 10.4.